The van der Waals surface area contributed by atoms with Crippen LogP contribution in [0.5, 0.6) is 0 Å². The Morgan fingerprint density at radius 3 is 2.50 bits per heavy atom. The summed E-state index contributed by atoms with van der Waals surface area (Å²) in [6.45, 7) is 6.82. The number of hydrogen-bond acceptors (Lipinski definition) is 2. The lowest BCUT2D eigenvalue weighted by molar-refractivity contribution is -0.142. The third-order valence-electron chi connectivity index (χ3n) is 2.81. The Morgan fingerprint density at radius 1 is 1.50 bits per heavy atom. The van der Waals surface area contributed by atoms with Gasteiger partial charge < -0.3 is 10.0 Å². The molecule has 12 heavy (non-hydrogen) atoms. The number of rotatable bonds is 3. The van der Waals surface area contributed by atoms with E-state index >= 15 is 0 Å². The van der Waals surface area contributed by atoms with Crippen LogP contribution in [0.25, 0.3) is 0 Å². The van der Waals surface area contributed by atoms with Crippen molar-refractivity contribution in [1.29, 1.82) is 0 Å². The van der Waals surface area contributed by atoms with E-state index in [4.69, 9.17) is 5.11 Å². The van der Waals surface area contributed by atoms with Gasteiger partial charge in [0.2, 0.25) is 0 Å². The number of hydrogen-bond donors (Lipinski definition) is 1. The summed E-state index contributed by atoms with van der Waals surface area (Å²) in [6, 6.07) is 0. The van der Waals surface area contributed by atoms with Crippen molar-refractivity contribution in [2.24, 2.45) is 11.8 Å². The van der Waals surface area contributed by atoms with Crippen molar-refractivity contribution in [2.75, 3.05) is 19.6 Å². The smallest absolute Gasteiger partial charge is 0.308 e. The summed E-state index contributed by atoms with van der Waals surface area (Å²) in [7, 11) is 0. The van der Waals surface area contributed by atoms with Crippen LogP contribution >= 0.6 is 0 Å². The lowest BCUT2D eigenvalue weighted by atomic mass is 9.94. The van der Waals surface area contributed by atoms with Gasteiger partial charge in [0.05, 0.1) is 5.92 Å². The molecule has 2 atom stereocenters. The average molecular weight is 171 g/mol. The fourth-order valence-corrected chi connectivity index (χ4v) is 1.91. The van der Waals surface area contributed by atoms with Crippen molar-refractivity contribution >= 4 is 5.97 Å². The van der Waals surface area contributed by atoms with E-state index in [-0.39, 0.29) is 5.92 Å². The minimum atomic E-state index is -0.627. The van der Waals surface area contributed by atoms with Crippen molar-refractivity contribution in [2.45, 2.75) is 20.3 Å². The highest BCUT2D eigenvalue weighted by molar-refractivity contribution is 5.71. The number of carboxylic acids is 1. The normalized spacial score (nSPS) is 30.8. The Bertz CT molecular complexity index is 170. The van der Waals surface area contributed by atoms with E-state index in [2.05, 4.69) is 18.7 Å². The van der Waals surface area contributed by atoms with Crippen molar-refractivity contribution in [3.05, 3.63) is 0 Å². The summed E-state index contributed by atoms with van der Waals surface area (Å²) in [5.41, 5.74) is 0. The summed E-state index contributed by atoms with van der Waals surface area (Å²) < 4.78 is 0. The van der Waals surface area contributed by atoms with Gasteiger partial charge in [-0.3, -0.25) is 4.79 Å². The summed E-state index contributed by atoms with van der Waals surface area (Å²) in [5.74, 6) is -0.393. The van der Waals surface area contributed by atoms with Gasteiger partial charge in [0.25, 0.3) is 0 Å². The Balaban J connectivity index is 2.56. The van der Waals surface area contributed by atoms with E-state index in [9.17, 15) is 4.79 Å². The van der Waals surface area contributed by atoms with E-state index in [0.717, 1.165) is 26.1 Å². The molecule has 0 unspecified atom stereocenters. The maximum Gasteiger partial charge on any atom is 0.308 e. The lowest BCUT2D eigenvalue weighted by Crippen LogP contribution is -2.23. The van der Waals surface area contributed by atoms with Crippen LogP contribution in [-0.2, 0) is 4.79 Å². The molecule has 0 aromatic heterocycles. The molecule has 0 amide bonds. The van der Waals surface area contributed by atoms with Crippen LogP contribution in [0, 0.1) is 11.8 Å². The monoisotopic (exact) mass is 171 g/mol. The van der Waals surface area contributed by atoms with Crippen molar-refractivity contribution in [3.8, 4) is 0 Å². The first-order valence-electron chi connectivity index (χ1n) is 4.64. The number of aliphatic carboxylic acids is 1. The number of likely N-dealkylation sites (tertiary alicyclic amines) is 1. The zero-order valence-corrected chi connectivity index (χ0v) is 7.79. The summed E-state index contributed by atoms with van der Waals surface area (Å²) in [4.78, 5) is 13.0. The fraction of sp³-hybridized carbons (Fsp3) is 0.889. The predicted octanol–water partition coefficient (Wildman–Crippen LogP) is 1.05. The molecule has 0 aromatic rings. The molecular weight excluding hydrogens is 154 g/mol. The second-order valence-electron chi connectivity index (χ2n) is 3.47. The molecule has 1 fully saturated rings. The predicted molar refractivity (Wildman–Crippen MR) is 47.0 cm³/mol. The third-order valence-corrected chi connectivity index (χ3v) is 2.81. The zero-order valence-electron chi connectivity index (χ0n) is 7.79. The largest absolute Gasteiger partial charge is 0.481 e. The zero-order chi connectivity index (χ0) is 9.14. The highest BCUT2D eigenvalue weighted by Crippen LogP contribution is 2.25. The highest BCUT2D eigenvalue weighted by atomic mass is 16.4. The fourth-order valence-electron chi connectivity index (χ4n) is 1.91. The topological polar surface area (TPSA) is 40.5 Å². The molecule has 70 valence electrons. The molecule has 1 heterocycles. The Morgan fingerprint density at radius 2 is 2.17 bits per heavy atom. The summed E-state index contributed by atoms with van der Waals surface area (Å²) >= 11 is 0. The SMILES string of the molecule is CC[C@@H]1CN(CC)C[C@@H]1C(=O)O. The van der Waals surface area contributed by atoms with E-state index in [1.165, 1.54) is 0 Å². The number of carbonyl (C=O) groups is 1. The molecule has 0 aliphatic carbocycles. The molecule has 0 radical (unpaired) electrons. The molecule has 0 bridgehead atoms. The van der Waals surface area contributed by atoms with Crippen molar-refractivity contribution in [1.82, 2.24) is 4.90 Å². The molecule has 0 saturated carbocycles. The molecule has 1 aliphatic rings. The average Bonchev–Trinajstić information content (AvgIpc) is 2.47. The molecule has 0 aromatic carbocycles. The number of carboxylic acid groups (broad SMARTS) is 1. The van der Waals surface area contributed by atoms with E-state index in [0.29, 0.717) is 5.92 Å². The second kappa shape index (κ2) is 3.90. The molecule has 1 rings (SSSR count). The van der Waals surface area contributed by atoms with Crippen LogP contribution in [0.3, 0.4) is 0 Å². The first-order chi connectivity index (χ1) is 5.69. The molecular formula is C9H17NO2. The molecule has 1 N–H and O–H groups in total. The highest BCUT2D eigenvalue weighted by Gasteiger charge is 2.35. The Hall–Kier alpha value is -0.570. The van der Waals surface area contributed by atoms with Crippen LogP contribution in [0.4, 0.5) is 0 Å². The Kier molecular flexibility index (Phi) is 3.09. The third kappa shape index (κ3) is 1.78. The van der Waals surface area contributed by atoms with Gasteiger partial charge in [-0.2, -0.15) is 0 Å². The van der Waals surface area contributed by atoms with Gasteiger partial charge in [-0.25, -0.2) is 0 Å². The van der Waals surface area contributed by atoms with Crippen LogP contribution in [-0.4, -0.2) is 35.6 Å². The lowest BCUT2D eigenvalue weighted by Gasteiger charge is -2.10. The van der Waals surface area contributed by atoms with Crippen molar-refractivity contribution in [3.63, 3.8) is 0 Å². The number of nitrogens with zero attached hydrogens (tertiary/aromatic N) is 1. The quantitative estimate of drug-likeness (QED) is 0.690. The first-order valence-corrected chi connectivity index (χ1v) is 4.64. The standard InChI is InChI=1S/C9H17NO2/c1-3-7-5-10(4-2)6-8(7)9(11)12/h7-8H,3-6H2,1-2H3,(H,11,12)/t7-,8+/m1/s1. The van der Waals surface area contributed by atoms with Gasteiger partial charge in [-0.1, -0.05) is 20.3 Å². The Labute approximate surface area is 73.4 Å². The van der Waals surface area contributed by atoms with Gasteiger partial charge in [-0.05, 0) is 12.5 Å². The molecule has 0 spiro atoms. The molecule has 3 nitrogen and oxygen atoms in total. The molecule has 1 saturated heterocycles. The minimum Gasteiger partial charge on any atom is -0.481 e. The second-order valence-corrected chi connectivity index (χ2v) is 3.47. The molecule has 3 heteroatoms. The maximum atomic E-state index is 10.8. The maximum absolute atomic E-state index is 10.8. The van der Waals surface area contributed by atoms with Crippen molar-refractivity contribution < 1.29 is 9.90 Å². The summed E-state index contributed by atoms with van der Waals surface area (Å²) in [5, 5.41) is 8.90. The van der Waals surface area contributed by atoms with Gasteiger partial charge in [0, 0.05) is 13.1 Å². The van der Waals surface area contributed by atoms with E-state index in [1.54, 1.807) is 0 Å². The van der Waals surface area contributed by atoms with Crippen LogP contribution in [0.2, 0.25) is 0 Å². The van der Waals surface area contributed by atoms with E-state index in [1.807, 2.05) is 0 Å². The van der Waals surface area contributed by atoms with Gasteiger partial charge in [0.1, 0.15) is 0 Å². The van der Waals surface area contributed by atoms with E-state index < -0.39 is 5.97 Å². The van der Waals surface area contributed by atoms with Crippen LogP contribution < -0.4 is 0 Å². The van der Waals surface area contributed by atoms with Crippen LogP contribution in [0.1, 0.15) is 20.3 Å². The van der Waals surface area contributed by atoms with Crippen LogP contribution in [0.15, 0.2) is 0 Å². The van der Waals surface area contributed by atoms with Gasteiger partial charge in [0.15, 0.2) is 0 Å². The van der Waals surface area contributed by atoms with Gasteiger partial charge in [-0.15, -0.1) is 0 Å². The molecule has 1 aliphatic heterocycles. The first kappa shape index (κ1) is 9.52. The summed E-state index contributed by atoms with van der Waals surface area (Å²) in [6.07, 6.45) is 0.980. The minimum absolute atomic E-state index is 0.130. The van der Waals surface area contributed by atoms with Gasteiger partial charge >= 0.3 is 5.97 Å².